The first-order valence-corrected chi connectivity index (χ1v) is 9.90. The van der Waals surface area contributed by atoms with Crippen molar-refractivity contribution in [1.29, 1.82) is 0 Å². The number of rotatable bonds is 7. The molecule has 0 aromatic heterocycles. The van der Waals surface area contributed by atoms with Gasteiger partial charge >= 0.3 is 0 Å². The molecule has 2 amide bonds. The van der Waals surface area contributed by atoms with E-state index < -0.39 is 0 Å². The van der Waals surface area contributed by atoms with Crippen LogP contribution >= 0.6 is 0 Å². The van der Waals surface area contributed by atoms with Crippen molar-refractivity contribution < 1.29 is 9.59 Å². The fraction of sp³-hybridized carbons (Fsp3) is 0.619. The number of benzene rings is 1. The summed E-state index contributed by atoms with van der Waals surface area (Å²) in [6.45, 7) is 10.0. The summed E-state index contributed by atoms with van der Waals surface area (Å²) in [5.41, 5.74) is 2.30. The summed E-state index contributed by atoms with van der Waals surface area (Å²) in [6, 6.07) is 5.82. The van der Waals surface area contributed by atoms with Crippen LogP contribution < -0.4 is 15.5 Å². The molecular weight excluding hydrogens is 326 g/mol. The molecule has 144 valence electrons. The van der Waals surface area contributed by atoms with Crippen LogP contribution in [0.3, 0.4) is 0 Å². The molecule has 1 aliphatic rings. The molecule has 1 aromatic rings. The van der Waals surface area contributed by atoms with E-state index >= 15 is 0 Å². The minimum absolute atomic E-state index is 0.0148. The van der Waals surface area contributed by atoms with Crippen molar-refractivity contribution in [2.45, 2.75) is 65.8 Å². The standard InChI is InChI=1S/C21H33N3O2/c1-5-16(4)22-21(26)18-14-17(23-20(25)13-15(2)3)9-10-19(18)24-11-7-6-8-12-24/h9-10,14-16H,5-8,11-13H2,1-4H3,(H,22,26)(H,23,25)/t16-/m1/s1. The van der Waals surface area contributed by atoms with Gasteiger partial charge in [-0.3, -0.25) is 9.59 Å². The predicted octanol–water partition coefficient (Wildman–Crippen LogP) is 4.19. The van der Waals surface area contributed by atoms with Gasteiger partial charge in [0.05, 0.1) is 5.56 Å². The largest absolute Gasteiger partial charge is 0.371 e. The first kappa shape index (κ1) is 20.3. The molecule has 0 radical (unpaired) electrons. The molecule has 0 bridgehead atoms. The lowest BCUT2D eigenvalue weighted by molar-refractivity contribution is -0.116. The Labute approximate surface area is 157 Å². The van der Waals surface area contributed by atoms with Gasteiger partial charge in [-0.1, -0.05) is 20.8 Å². The third-order valence-electron chi connectivity index (χ3n) is 4.81. The number of carbonyl (C=O) groups excluding carboxylic acids is 2. The predicted molar refractivity (Wildman–Crippen MR) is 108 cm³/mol. The van der Waals surface area contributed by atoms with Crippen LogP contribution in [-0.4, -0.2) is 30.9 Å². The third kappa shape index (κ3) is 5.75. The van der Waals surface area contributed by atoms with Crippen molar-refractivity contribution in [2.75, 3.05) is 23.3 Å². The van der Waals surface area contributed by atoms with E-state index in [1.54, 1.807) is 0 Å². The summed E-state index contributed by atoms with van der Waals surface area (Å²) in [5, 5.41) is 5.99. The van der Waals surface area contributed by atoms with Crippen LogP contribution in [0.5, 0.6) is 0 Å². The van der Waals surface area contributed by atoms with Gasteiger partial charge in [0.15, 0.2) is 0 Å². The minimum atomic E-state index is -0.0696. The summed E-state index contributed by atoms with van der Waals surface area (Å²) >= 11 is 0. The molecule has 1 aromatic carbocycles. The van der Waals surface area contributed by atoms with E-state index in [1.165, 1.54) is 6.42 Å². The lowest BCUT2D eigenvalue weighted by Gasteiger charge is -2.31. The summed E-state index contributed by atoms with van der Waals surface area (Å²) in [5.74, 6) is 0.217. The molecule has 1 fully saturated rings. The van der Waals surface area contributed by atoms with Crippen molar-refractivity contribution in [2.24, 2.45) is 5.92 Å². The molecule has 0 aliphatic carbocycles. The molecular formula is C21H33N3O2. The summed E-state index contributed by atoms with van der Waals surface area (Å²) in [4.78, 5) is 27.2. The quantitative estimate of drug-likeness (QED) is 0.767. The van der Waals surface area contributed by atoms with E-state index in [9.17, 15) is 9.59 Å². The monoisotopic (exact) mass is 359 g/mol. The molecule has 0 spiro atoms. The highest BCUT2D eigenvalue weighted by Gasteiger charge is 2.20. The second-order valence-electron chi connectivity index (χ2n) is 7.71. The van der Waals surface area contributed by atoms with Gasteiger partial charge in [0.2, 0.25) is 5.91 Å². The fourth-order valence-corrected chi connectivity index (χ4v) is 3.19. The van der Waals surface area contributed by atoms with Gasteiger partial charge < -0.3 is 15.5 Å². The number of carbonyl (C=O) groups is 2. The number of nitrogens with one attached hydrogen (secondary N) is 2. The van der Waals surface area contributed by atoms with Crippen molar-refractivity contribution in [3.63, 3.8) is 0 Å². The minimum Gasteiger partial charge on any atom is -0.371 e. The molecule has 1 aliphatic heterocycles. The van der Waals surface area contributed by atoms with Crippen molar-refractivity contribution in [3.8, 4) is 0 Å². The molecule has 0 unspecified atom stereocenters. The normalized spacial score (nSPS) is 15.7. The van der Waals surface area contributed by atoms with Crippen LogP contribution in [0.1, 0.15) is 70.2 Å². The van der Waals surface area contributed by atoms with Crippen LogP contribution in [0.25, 0.3) is 0 Å². The Morgan fingerprint density at radius 3 is 2.42 bits per heavy atom. The molecule has 2 N–H and O–H groups in total. The first-order chi connectivity index (χ1) is 12.4. The van der Waals surface area contributed by atoms with E-state index in [1.807, 2.05) is 39.0 Å². The zero-order chi connectivity index (χ0) is 19.1. The maximum absolute atomic E-state index is 12.8. The molecule has 1 saturated heterocycles. The van der Waals surface area contributed by atoms with E-state index in [0.29, 0.717) is 23.6 Å². The molecule has 5 nitrogen and oxygen atoms in total. The van der Waals surface area contributed by atoms with Gasteiger partial charge in [0.1, 0.15) is 0 Å². The maximum atomic E-state index is 12.8. The van der Waals surface area contributed by atoms with E-state index in [0.717, 1.165) is 38.0 Å². The molecule has 5 heteroatoms. The molecule has 0 saturated carbocycles. The number of anilines is 2. The first-order valence-electron chi connectivity index (χ1n) is 9.90. The zero-order valence-corrected chi connectivity index (χ0v) is 16.6. The van der Waals surface area contributed by atoms with Crippen molar-refractivity contribution >= 4 is 23.2 Å². The molecule has 1 heterocycles. The number of piperidine rings is 1. The number of hydrogen-bond donors (Lipinski definition) is 2. The van der Waals surface area contributed by atoms with Crippen LogP contribution in [0, 0.1) is 5.92 Å². The van der Waals surface area contributed by atoms with Gasteiger partial charge in [-0.05, 0) is 56.7 Å². The lowest BCUT2D eigenvalue weighted by atomic mass is 10.0. The average Bonchev–Trinajstić information content (AvgIpc) is 2.61. The summed E-state index contributed by atoms with van der Waals surface area (Å²) in [6.07, 6.45) is 4.91. The highest BCUT2D eigenvalue weighted by molar-refractivity contribution is 6.02. The van der Waals surface area contributed by atoms with Gasteiger partial charge in [0, 0.05) is 36.9 Å². The van der Waals surface area contributed by atoms with E-state index in [2.05, 4.69) is 22.5 Å². The Morgan fingerprint density at radius 2 is 1.81 bits per heavy atom. The van der Waals surface area contributed by atoms with E-state index in [4.69, 9.17) is 0 Å². The Kier molecular flexibility index (Phi) is 7.49. The Hall–Kier alpha value is -2.04. The van der Waals surface area contributed by atoms with E-state index in [-0.39, 0.29) is 17.9 Å². The van der Waals surface area contributed by atoms with Gasteiger partial charge in [-0.2, -0.15) is 0 Å². The Balaban J connectivity index is 2.26. The van der Waals surface area contributed by atoms with Crippen molar-refractivity contribution in [1.82, 2.24) is 5.32 Å². The number of hydrogen-bond acceptors (Lipinski definition) is 3. The molecule has 1 atom stereocenters. The highest BCUT2D eigenvalue weighted by Crippen LogP contribution is 2.27. The fourth-order valence-electron chi connectivity index (χ4n) is 3.19. The average molecular weight is 360 g/mol. The van der Waals surface area contributed by atoms with Crippen LogP contribution in [0.2, 0.25) is 0 Å². The third-order valence-corrected chi connectivity index (χ3v) is 4.81. The maximum Gasteiger partial charge on any atom is 0.253 e. The zero-order valence-electron chi connectivity index (χ0n) is 16.6. The summed E-state index contributed by atoms with van der Waals surface area (Å²) in [7, 11) is 0. The number of amides is 2. The van der Waals surface area contributed by atoms with Crippen molar-refractivity contribution in [3.05, 3.63) is 23.8 Å². The lowest BCUT2D eigenvalue weighted by Crippen LogP contribution is -2.35. The smallest absolute Gasteiger partial charge is 0.253 e. The Bertz CT molecular complexity index is 622. The highest BCUT2D eigenvalue weighted by atomic mass is 16.2. The van der Waals surface area contributed by atoms with Crippen LogP contribution in [0.4, 0.5) is 11.4 Å². The molecule has 26 heavy (non-hydrogen) atoms. The van der Waals surface area contributed by atoms with Gasteiger partial charge in [-0.25, -0.2) is 0 Å². The van der Waals surface area contributed by atoms with Crippen LogP contribution in [0.15, 0.2) is 18.2 Å². The topological polar surface area (TPSA) is 61.4 Å². The molecule has 2 rings (SSSR count). The van der Waals surface area contributed by atoms with Crippen LogP contribution in [-0.2, 0) is 4.79 Å². The second kappa shape index (κ2) is 9.60. The summed E-state index contributed by atoms with van der Waals surface area (Å²) < 4.78 is 0. The Morgan fingerprint density at radius 1 is 1.12 bits per heavy atom. The SMILES string of the molecule is CC[C@@H](C)NC(=O)c1cc(NC(=O)CC(C)C)ccc1N1CCCCC1. The van der Waals surface area contributed by atoms with Gasteiger partial charge in [-0.15, -0.1) is 0 Å². The van der Waals surface area contributed by atoms with Gasteiger partial charge in [0.25, 0.3) is 5.91 Å². The number of nitrogens with zero attached hydrogens (tertiary/aromatic N) is 1. The second-order valence-corrected chi connectivity index (χ2v) is 7.71.